The molecule has 0 radical (unpaired) electrons. The first kappa shape index (κ1) is 10.4. The SMILES string of the molecule is CCC(C)NCCNC(C)=O. The maximum Gasteiger partial charge on any atom is 0.216 e. The van der Waals surface area contributed by atoms with Crippen LogP contribution in [0.1, 0.15) is 27.2 Å². The van der Waals surface area contributed by atoms with E-state index in [2.05, 4.69) is 24.5 Å². The van der Waals surface area contributed by atoms with Crippen LogP contribution in [0.2, 0.25) is 0 Å². The van der Waals surface area contributed by atoms with Crippen LogP contribution in [0.4, 0.5) is 0 Å². The van der Waals surface area contributed by atoms with Gasteiger partial charge < -0.3 is 10.6 Å². The molecule has 0 heterocycles. The van der Waals surface area contributed by atoms with Gasteiger partial charge in [-0.1, -0.05) is 6.92 Å². The van der Waals surface area contributed by atoms with Gasteiger partial charge in [0.05, 0.1) is 0 Å². The van der Waals surface area contributed by atoms with E-state index in [9.17, 15) is 4.79 Å². The van der Waals surface area contributed by atoms with Crippen LogP contribution >= 0.6 is 0 Å². The number of hydrogen-bond donors (Lipinski definition) is 2. The molecule has 0 rings (SSSR count). The van der Waals surface area contributed by atoms with Crippen molar-refractivity contribution in [3.63, 3.8) is 0 Å². The minimum atomic E-state index is 0.0379. The highest BCUT2D eigenvalue weighted by molar-refractivity contribution is 5.72. The lowest BCUT2D eigenvalue weighted by Gasteiger charge is -2.10. The number of amides is 1. The zero-order chi connectivity index (χ0) is 8.69. The number of carbonyl (C=O) groups excluding carboxylic acids is 1. The van der Waals surface area contributed by atoms with Gasteiger partial charge in [0.25, 0.3) is 0 Å². The van der Waals surface area contributed by atoms with Crippen LogP contribution in [-0.2, 0) is 4.79 Å². The van der Waals surface area contributed by atoms with Crippen molar-refractivity contribution in [2.75, 3.05) is 13.1 Å². The second-order valence-corrected chi connectivity index (χ2v) is 2.75. The Morgan fingerprint density at radius 1 is 1.45 bits per heavy atom. The van der Waals surface area contributed by atoms with Crippen molar-refractivity contribution in [3.05, 3.63) is 0 Å². The van der Waals surface area contributed by atoms with Crippen LogP contribution in [0.15, 0.2) is 0 Å². The summed E-state index contributed by atoms with van der Waals surface area (Å²) >= 11 is 0. The highest BCUT2D eigenvalue weighted by atomic mass is 16.1. The summed E-state index contributed by atoms with van der Waals surface area (Å²) in [5.74, 6) is 0.0379. The molecule has 2 N–H and O–H groups in total. The Hall–Kier alpha value is -0.570. The van der Waals surface area contributed by atoms with Crippen LogP contribution in [0.25, 0.3) is 0 Å². The van der Waals surface area contributed by atoms with Crippen molar-refractivity contribution < 1.29 is 4.79 Å². The minimum Gasteiger partial charge on any atom is -0.355 e. The van der Waals surface area contributed by atoms with Gasteiger partial charge in [0.15, 0.2) is 0 Å². The van der Waals surface area contributed by atoms with E-state index in [4.69, 9.17) is 0 Å². The van der Waals surface area contributed by atoms with Gasteiger partial charge in [0.1, 0.15) is 0 Å². The first-order chi connectivity index (χ1) is 5.16. The molecule has 0 aliphatic heterocycles. The number of carbonyl (C=O) groups is 1. The average molecular weight is 158 g/mol. The maximum atomic E-state index is 10.4. The fourth-order valence-electron chi connectivity index (χ4n) is 0.701. The standard InChI is InChI=1S/C8H18N2O/c1-4-7(2)9-5-6-10-8(3)11/h7,9H,4-6H2,1-3H3,(H,10,11). The number of nitrogens with one attached hydrogen (secondary N) is 2. The van der Waals surface area contributed by atoms with E-state index >= 15 is 0 Å². The van der Waals surface area contributed by atoms with Gasteiger partial charge in [0.2, 0.25) is 5.91 Å². The third-order valence-corrected chi connectivity index (χ3v) is 1.60. The van der Waals surface area contributed by atoms with E-state index in [0.717, 1.165) is 19.5 Å². The summed E-state index contributed by atoms with van der Waals surface area (Å²) in [6, 6.07) is 0.545. The molecule has 1 atom stereocenters. The minimum absolute atomic E-state index is 0.0379. The zero-order valence-electron chi connectivity index (χ0n) is 7.61. The monoisotopic (exact) mass is 158 g/mol. The summed E-state index contributed by atoms with van der Waals surface area (Å²) in [5.41, 5.74) is 0. The molecule has 0 fully saturated rings. The third-order valence-electron chi connectivity index (χ3n) is 1.60. The Morgan fingerprint density at radius 3 is 2.55 bits per heavy atom. The predicted molar refractivity (Wildman–Crippen MR) is 46.4 cm³/mol. The molecule has 0 aromatic heterocycles. The molecular weight excluding hydrogens is 140 g/mol. The summed E-state index contributed by atoms with van der Waals surface area (Å²) in [5, 5.41) is 6.00. The van der Waals surface area contributed by atoms with E-state index in [1.54, 1.807) is 0 Å². The van der Waals surface area contributed by atoms with Gasteiger partial charge in [-0.3, -0.25) is 4.79 Å². The molecule has 1 unspecified atom stereocenters. The number of hydrogen-bond acceptors (Lipinski definition) is 2. The average Bonchev–Trinajstić information content (AvgIpc) is 1.97. The van der Waals surface area contributed by atoms with E-state index in [1.807, 2.05) is 0 Å². The summed E-state index contributed by atoms with van der Waals surface area (Å²) in [7, 11) is 0. The molecule has 0 saturated heterocycles. The Balaban J connectivity index is 3.08. The largest absolute Gasteiger partial charge is 0.355 e. The van der Waals surface area contributed by atoms with Crippen molar-refractivity contribution in [1.82, 2.24) is 10.6 Å². The van der Waals surface area contributed by atoms with Crippen molar-refractivity contribution in [2.45, 2.75) is 33.2 Å². The normalized spacial score (nSPS) is 12.6. The molecule has 66 valence electrons. The second kappa shape index (κ2) is 6.16. The lowest BCUT2D eigenvalue weighted by molar-refractivity contribution is -0.118. The summed E-state index contributed by atoms with van der Waals surface area (Å²) in [6.07, 6.45) is 1.13. The molecular formula is C8H18N2O. The van der Waals surface area contributed by atoms with Crippen molar-refractivity contribution >= 4 is 5.91 Å². The molecule has 0 aromatic carbocycles. The quantitative estimate of drug-likeness (QED) is 0.572. The van der Waals surface area contributed by atoms with Crippen LogP contribution in [0.5, 0.6) is 0 Å². The Kier molecular flexibility index (Phi) is 5.84. The van der Waals surface area contributed by atoms with Crippen molar-refractivity contribution in [2.24, 2.45) is 0 Å². The van der Waals surface area contributed by atoms with Gasteiger partial charge in [0, 0.05) is 26.1 Å². The molecule has 3 nitrogen and oxygen atoms in total. The molecule has 0 bridgehead atoms. The third kappa shape index (κ3) is 7.33. The van der Waals surface area contributed by atoms with Crippen molar-refractivity contribution in [3.8, 4) is 0 Å². The first-order valence-corrected chi connectivity index (χ1v) is 4.14. The summed E-state index contributed by atoms with van der Waals surface area (Å²) in [6.45, 7) is 7.38. The van der Waals surface area contributed by atoms with Gasteiger partial charge in [-0.15, -0.1) is 0 Å². The molecule has 0 aliphatic rings. The second-order valence-electron chi connectivity index (χ2n) is 2.75. The van der Waals surface area contributed by atoms with Crippen LogP contribution in [-0.4, -0.2) is 25.0 Å². The summed E-state index contributed by atoms with van der Waals surface area (Å²) in [4.78, 5) is 10.4. The van der Waals surface area contributed by atoms with Gasteiger partial charge >= 0.3 is 0 Å². The van der Waals surface area contributed by atoms with E-state index in [1.165, 1.54) is 6.92 Å². The molecule has 0 aromatic rings. The molecule has 3 heteroatoms. The van der Waals surface area contributed by atoms with Crippen molar-refractivity contribution in [1.29, 1.82) is 0 Å². The maximum absolute atomic E-state index is 10.4. The molecule has 0 saturated carbocycles. The lowest BCUT2D eigenvalue weighted by atomic mass is 10.3. The lowest BCUT2D eigenvalue weighted by Crippen LogP contribution is -2.34. The van der Waals surface area contributed by atoms with Gasteiger partial charge in [-0.25, -0.2) is 0 Å². The topological polar surface area (TPSA) is 41.1 Å². The van der Waals surface area contributed by atoms with Gasteiger partial charge in [-0.05, 0) is 13.3 Å². The first-order valence-electron chi connectivity index (χ1n) is 4.14. The van der Waals surface area contributed by atoms with E-state index < -0.39 is 0 Å². The fourth-order valence-corrected chi connectivity index (χ4v) is 0.701. The zero-order valence-corrected chi connectivity index (χ0v) is 7.61. The summed E-state index contributed by atoms with van der Waals surface area (Å²) < 4.78 is 0. The van der Waals surface area contributed by atoms with E-state index in [-0.39, 0.29) is 5.91 Å². The van der Waals surface area contributed by atoms with Crippen LogP contribution in [0, 0.1) is 0 Å². The fraction of sp³-hybridized carbons (Fsp3) is 0.875. The molecule has 0 aliphatic carbocycles. The Morgan fingerprint density at radius 2 is 2.09 bits per heavy atom. The van der Waals surface area contributed by atoms with Crippen LogP contribution < -0.4 is 10.6 Å². The highest BCUT2D eigenvalue weighted by Gasteiger charge is 1.95. The predicted octanol–water partition coefficient (Wildman–Crippen LogP) is 0.511. The molecule has 0 spiro atoms. The Bertz CT molecular complexity index is 115. The number of rotatable bonds is 5. The molecule has 1 amide bonds. The van der Waals surface area contributed by atoms with Crippen LogP contribution in [0.3, 0.4) is 0 Å². The Labute approximate surface area is 68.6 Å². The van der Waals surface area contributed by atoms with E-state index in [0.29, 0.717) is 6.04 Å². The highest BCUT2D eigenvalue weighted by Crippen LogP contribution is 1.84. The van der Waals surface area contributed by atoms with Gasteiger partial charge in [-0.2, -0.15) is 0 Å². The smallest absolute Gasteiger partial charge is 0.216 e. The molecule has 11 heavy (non-hydrogen) atoms.